The van der Waals surface area contributed by atoms with Gasteiger partial charge in [-0.15, -0.1) is 0 Å². The number of aliphatic carboxylic acids is 1. The molecule has 0 saturated carbocycles. The Balaban J connectivity index is 1.31. The molecule has 1 aliphatic carbocycles. The highest BCUT2D eigenvalue weighted by atomic mass is 16.5. The molecule has 3 aromatic rings. The summed E-state index contributed by atoms with van der Waals surface area (Å²) in [6.45, 7) is 3.77. The third-order valence-electron chi connectivity index (χ3n) is 6.77. The standard InChI is InChI=1S/C30H32N2O5/c1-30(2,28(35)32(19-27(33)34)18-21-10-4-3-5-11-21)16-17-31-29(36)37-20-26-24-14-8-6-12-22(24)23-13-7-9-15-25(23)26/h3-15,26H,16-20H2,1-2H3,(H,31,36)(H,33,34). The number of rotatable bonds is 10. The lowest BCUT2D eigenvalue weighted by molar-refractivity contribution is -0.149. The van der Waals surface area contributed by atoms with Crippen LogP contribution in [-0.2, 0) is 20.9 Å². The summed E-state index contributed by atoms with van der Waals surface area (Å²) in [5, 5.41) is 12.1. The monoisotopic (exact) mass is 500 g/mol. The maximum absolute atomic E-state index is 13.2. The second kappa shape index (κ2) is 11.3. The van der Waals surface area contributed by atoms with Gasteiger partial charge in [-0.1, -0.05) is 92.7 Å². The van der Waals surface area contributed by atoms with Crippen LogP contribution >= 0.6 is 0 Å². The summed E-state index contributed by atoms with van der Waals surface area (Å²) in [7, 11) is 0. The number of benzene rings is 3. The number of carbonyl (C=O) groups is 3. The molecular weight excluding hydrogens is 468 g/mol. The van der Waals surface area contributed by atoms with Crippen molar-refractivity contribution in [3.05, 3.63) is 95.6 Å². The van der Waals surface area contributed by atoms with Crippen molar-refractivity contribution in [2.45, 2.75) is 32.7 Å². The lowest BCUT2D eigenvalue weighted by Gasteiger charge is -2.31. The van der Waals surface area contributed by atoms with Crippen LogP contribution in [-0.4, -0.2) is 47.7 Å². The quantitative estimate of drug-likeness (QED) is 0.406. The van der Waals surface area contributed by atoms with Crippen molar-refractivity contribution in [3.8, 4) is 11.1 Å². The molecule has 0 heterocycles. The molecule has 0 saturated heterocycles. The second-order valence-corrected chi connectivity index (χ2v) is 9.93. The van der Waals surface area contributed by atoms with Crippen LogP contribution in [0.2, 0.25) is 0 Å². The van der Waals surface area contributed by atoms with Gasteiger partial charge in [0.2, 0.25) is 5.91 Å². The predicted octanol–water partition coefficient (Wildman–Crippen LogP) is 5.05. The average Bonchev–Trinajstić information content (AvgIpc) is 3.20. The molecule has 0 bridgehead atoms. The third kappa shape index (κ3) is 6.17. The Morgan fingerprint density at radius 3 is 2.05 bits per heavy atom. The molecule has 4 rings (SSSR count). The summed E-state index contributed by atoms with van der Waals surface area (Å²) in [6.07, 6.45) is -0.210. The summed E-state index contributed by atoms with van der Waals surface area (Å²) in [6, 6.07) is 25.6. The van der Waals surface area contributed by atoms with Gasteiger partial charge in [0.1, 0.15) is 13.2 Å². The van der Waals surface area contributed by atoms with Crippen LogP contribution in [0.1, 0.15) is 42.9 Å². The number of hydrogen-bond acceptors (Lipinski definition) is 4. The number of ether oxygens (including phenoxy) is 1. The molecule has 192 valence electrons. The van der Waals surface area contributed by atoms with Gasteiger partial charge >= 0.3 is 12.1 Å². The minimum absolute atomic E-state index is 0.0290. The number of nitrogens with zero attached hydrogens (tertiary/aromatic N) is 1. The van der Waals surface area contributed by atoms with Crippen molar-refractivity contribution in [1.29, 1.82) is 0 Å². The Labute approximate surface area is 217 Å². The lowest BCUT2D eigenvalue weighted by atomic mass is 9.87. The molecule has 2 N–H and O–H groups in total. The number of hydrogen-bond donors (Lipinski definition) is 2. The van der Waals surface area contributed by atoms with Gasteiger partial charge in [0.15, 0.2) is 0 Å². The van der Waals surface area contributed by atoms with Crippen LogP contribution in [0.5, 0.6) is 0 Å². The van der Waals surface area contributed by atoms with Crippen molar-refractivity contribution in [2.75, 3.05) is 19.7 Å². The van der Waals surface area contributed by atoms with Crippen molar-refractivity contribution in [1.82, 2.24) is 10.2 Å². The first-order valence-corrected chi connectivity index (χ1v) is 12.4. The first-order valence-electron chi connectivity index (χ1n) is 12.4. The normalized spacial score (nSPS) is 12.4. The van der Waals surface area contributed by atoms with Gasteiger partial charge in [0.05, 0.1) is 0 Å². The average molecular weight is 501 g/mol. The minimum Gasteiger partial charge on any atom is -0.480 e. The van der Waals surface area contributed by atoms with Gasteiger partial charge in [-0.2, -0.15) is 0 Å². The van der Waals surface area contributed by atoms with E-state index in [0.717, 1.165) is 27.8 Å². The van der Waals surface area contributed by atoms with Gasteiger partial charge in [-0.05, 0) is 34.2 Å². The molecular formula is C30H32N2O5. The van der Waals surface area contributed by atoms with E-state index >= 15 is 0 Å². The van der Waals surface area contributed by atoms with Crippen LogP contribution in [0.4, 0.5) is 4.79 Å². The van der Waals surface area contributed by atoms with Crippen LogP contribution in [0.15, 0.2) is 78.9 Å². The number of fused-ring (bicyclic) bond motifs is 3. The maximum atomic E-state index is 13.2. The number of carboxylic acids is 1. The van der Waals surface area contributed by atoms with E-state index in [9.17, 15) is 19.5 Å². The molecule has 0 spiro atoms. The van der Waals surface area contributed by atoms with Gasteiger partial charge in [-0.25, -0.2) is 4.79 Å². The van der Waals surface area contributed by atoms with E-state index in [0.29, 0.717) is 6.42 Å². The SMILES string of the molecule is CC(C)(CCNC(=O)OCC1c2ccccc2-c2ccccc21)C(=O)N(CC(=O)O)Cc1ccccc1. The fourth-order valence-electron chi connectivity index (χ4n) is 4.83. The van der Waals surface area contributed by atoms with E-state index in [1.807, 2.05) is 54.6 Å². The Bertz CT molecular complexity index is 1230. The molecule has 0 atom stereocenters. The Morgan fingerprint density at radius 1 is 0.892 bits per heavy atom. The van der Waals surface area contributed by atoms with E-state index in [4.69, 9.17) is 4.74 Å². The molecule has 7 heteroatoms. The molecule has 0 aromatic heterocycles. The Hall–Kier alpha value is -4.13. The number of alkyl carbamates (subject to hydrolysis) is 1. The molecule has 37 heavy (non-hydrogen) atoms. The van der Waals surface area contributed by atoms with Crippen LogP contribution in [0, 0.1) is 5.41 Å². The largest absolute Gasteiger partial charge is 0.480 e. The summed E-state index contributed by atoms with van der Waals surface area (Å²) >= 11 is 0. The highest BCUT2D eigenvalue weighted by Crippen LogP contribution is 2.44. The van der Waals surface area contributed by atoms with E-state index < -0.39 is 24.0 Å². The zero-order chi connectivity index (χ0) is 26.4. The number of nitrogens with one attached hydrogen (secondary N) is 1. The molecule has 2 amide bonds. The van der Waals surface area contributed by atoms with Crippen molar-refractivity contribution >= 4 is 18.0 Å². The van der Waals surface area contributed by atoms with Gasteiger partial charge in [0.25, 0.3) is 0 Å². The molecule has 0 aliphatic heterocycles. The van der Waals surface area contributed by atoms with Crippen LogP contribution < -0.4 is 5.32 Å². The lowest BCUT2D eigenvalue weighted by Crippen LogP contribution is -2.44. The van der Waals surface area contributed by atoms with E-state index in [1.165, 1.54) is 4.90 Å². The van der Waals surface area contributed by atoms with Gasteiger partial charge in [0, 0.05) is 24.4 Å². The fourth-order valence-corrected chi connectivity index (χ4v) is 4.83. The number of carboxylic acid groups (broad SMARTS) is 1. The first kappa shape index (κ1) is 25.9. The highest BCUT2D eigenvalue weighted by Gasteiger charge is 2.33. The Kier molecular flexibility index (Phi) is 7.92. The smallest absolute Gasteiger partial charge is 0.407 e. The van der Waals surface area contributed by atoms with Gasteiger partial charge < -0.3 is 20.1 Å². The molecule has 0 radical (unpaired) electrons. The zero-order valence-electron chi connectivity index (χ0n) is 21.1. The van der Waals surface area contributed by atoms with Crippen LogP contribution in [0.25, 0.3) is 11.1 Å². The zero-order valence-corrected chi connectivity index (χ0v) is 21.1. The van der Waals surface area contributed by atoms with E-state index in [2.05, 4.69) is 29.6 Å². The van der Waals surface area contributed by atoms with Crippen molar-refractivity contribution in [3.63, 3.8) is 0 Å². The summed E-state index contributed by atoms with van der Waals surface area (Å²) < 4.78 is 5.57. The highest BCUT2D eigenvalue weighted by molar-refractivity contribution is 5.85. The molecule has 0 unspecified atom stereocenters. The predicted molar refractivity (Wildman–Crippen MR) is 141 cm³/mol. The van der Waals surface area contributed by atoms with Crippen molar-refractivity contribution in [2.24, 2.45) is 5.41 Å². The topological polar surface area (TPSA) is 95.9 Å². The fraction of sp³-hybridized carbons (Fsp3) is 0.300. The molecule has 1 aliphatic rings. The number of carbonyl (C=O) groups excluding carboxylic acids is 2. The number of amides is 2. The second-order valence-electron chi connectivity index (χ2n) is 9.93. The Morgan fingerprint density at radius 2 is 1.46 bits per heavy atom. The first-order chi connectivity index (χ1) is 17.8. The van der Waals surface area contributed by atoms with Crippen LogP contribution in [0.3, 0.4) is 0 Å². The summed E-state index contributed by atoms with van der Waals surface area (Å²) in [5.41, 5.74) is 4.58. The molecule has 0 fully saturated rings. The third-order valence-corrected chi connectivity index (χ3v) is 6.77. The molecule has 7 nitrogen and oxygen atoms in total. The van der Waals surface area contributed by atoms with Gasteiger partial charge in [-0.3, -0.25) is 9.59 Å². The maximum Gasteiger partial charge on any atom is 0.407 e. The molecule has 3 aromatic carbocycles. The minimum atomic E-state index is -1.07. The summed E-state index contributed by atoms with van der Waals surface area (Å²) in [5.74, 6) is -1.39. The van der Waals surface area contributed by atoms with E-state index in [1.54, 1.807) is 13.8 Å². The van der Waals surface area contributed by atoms with Crippen molar-refractivity contribution < 1.29 is 24.2 Å². The summed E-state index contributed by atoms with van der Waals surface area (Å²) in [4.78, 5) is 38.5. The van der Waals surface area contributed by atoms with E-state index in [-0.39, 0.29) is 31.5 Å².